The van der Waals surface area contributed by atoms with E-state index in [1.165, 1.54) is 22.3 Å². The van der Waals surface area contributed by atoms with E-state index in [1.807, 2.05) is 36.4 Å². The molecule has 1 aliphatic carbocycles. The SMILES string of the molecule is CC1=Cc2ccccc2C1CC(N=Nc1ccccc1)c1ccccc1. The second kappa shape index (κ2) is 7.49. The number of hydrogen-bond acceptors (Lipinski definition) is 2. The zero-order valence-electron chi connectivity index (χ0n) is 14.9. The Morgan fingerprint density at radius 1 is 0.808 bits per heavy atom. The molecule has 0 amide bonds. The molecule has 128 valence electrons. The van der Waals surface area contributed by atoms with Crippen molar-refractivity contribution in [2.75, 3.05) is 0 Å². The fourth-order valence-electron chi connectivity index (χ4n) is 3.64. The summed E-state index contributed by atoms with van der Waals surface area (Å²) in [7, 11) is 0. The summed E-state index contributed by atoms with van der Waals surface area (Å²) < 4.78 is 0. The summed E-state index contributed by atoms with van der Waals surface area (Å²) in [4.78, 5) is 0. The Kier molecular flexibility index (Phi) is 4.74. The maximum absolute atomic E-state index is 4.73. The minimum atomic E-state index is 0.0379. The van der Waals surface area contributed by atoms with Crippen molar-refractivity contribution in [1.82, 2.24) is 0 Å². The lowest BCUT2D eigenvalue weighted by Crippen LogP contribution is -2.04. The Balaban J connectivity index is 1.64. The highest BCUT2D eigenvalue weighted by Gasteiger charge is 2.26. The van der Waals surface area contributed by atoms with Crippen LogP contribution in [-0.2, 0) is 0 Å². The van der Waals surface area contributed by atoms with Crippen LogP contribution in [0.15, 0.2) is 101 Å². The summed E-state index contributed by atoms with van der Waals surface area (Å²) in [5.41, 5.74) is 6.25. The molecule has 2 unspecified atom stereocenters. The first kappa shape index (κ1) is 16.5. The number of azo groups is 1. The molecule has 0 radical (unpaired) electrons. The lowest BCUT2D eigenvalue weighted by atomic mass is 9.88. The number of fused-ring (bicyclic) bond motifs is 1. The van der Waals surface area contributed by atoms with Crippen LogP contribution in [-0.4, -0.2) is 0 Å². The van der Waals surface area contributed by atoms with Gasteiger partial charge in [0.1, 0.15) is 0 Å². The molecule has 26 heavy (non-hydrogen) atoms. The number of nitrogens with zero attached hydrogens (tertiary/aromatic N) is 2. The molecule has 0 aliphatic heterocycles. The van der Waals surface area contributed by atoms with Gasteiger partial charge in [0.05, 0.1) is 11.7 Å². The highest BCUT2D eigenvalue weighted by molar-refractivity contribution is 5.66. The average Bonchev–Trinajstić information content (AvgIpc) is 3.01. The summed E-state index contributed by atoms with van der Waals surface area (Å²) >= 11 is 0. The number of allylic oxidation sites excluding steroid dienone is 1. The largest absolute Gasteiger partial charge is 0.180 e. The maximum Gasteiger partial charge on any atom is 0.0971 e. The predicted molar refractivity (Wildman–Crippen MR) is 108 cm³/mol. The number of benzene rings is 3. The number of rotatable bonds is 5. The highest BCUT2D eigenvalue weighted by Crippen LogP contribution is 2.42. The molecule has 0 heterocycles. The zero-order valence-corrected chi connectivity index (χ0v) is 14.9. The van der Waals surface area contributed by atoms with Crippen molar-refractivity contribution in [1.29, 1.82) is 0 Å². The Labute approximate surface area is 154 Å². The van der Waals surface area contributed by atoms with Gasteiger partial charge in [-0.1, -0.05) is 84.4 Å². The van der Waals surface area contributed by atoms with Crippen molar-refractivity contribution in [3.63, 3.8) is 0 Å². The first-order chi connectivity index (χ1) is 12.8. The van der Waals surface area contributed by atoms with Gasteiger partial charge in [0, 0.05) is 5.92 Å². The molecule has 0 bridgehead atoms. The fraction of sp³-hybridized carbons (Fsp3) is 0.167. The topological polar surface area (TPSA) is 24.7 Å². The molecule has 0 N–H and O–H groups in total. The summed E-state index contributed by atoms with van der Waals surface area (Å²) in [6.07, 6.45) is 3.23. The average molecular weight is 338 g/mol. The lowest BCUT2D eigenvalue weighted by molar-refractivity contribution is 0.577. The summed E-state index contributed by atoms with van der Waals surface area (Å²) in [6, 6.07) is 29.2. The standard InChI is InChI=1S/C24H22N2/c1-18-16-20-12-8-9-15-22(20)23(18)17-24(19-10-4-2-5-11-19)26-25-21-13-6-3-7-14-21/h2-16,23-24H,17H2,1H3. The van der Waals surface area contributed by atoms with Gasteiger partial charge in [0.15, 0.2) is 0 Å². The summed E-state index contributed by atoms with van der Waals surface area (Å²) in [6.45, 7) is 2.22. The van der Waals surface area contributed by atoms with Gasteiger partial charge in [-0.25, -0.2) is 0 Å². The molecule has 0 saturated carbocycles. The van der Waals surface area contributed by atoms with E-state index in [1.54, 1.807) is 0 Å². The van der Waals surface area contributed by atoms with Crippen molar-refractivity contribution in [2.45, 2.75) is 25.3 Å². The maximum atomic E-state index is 4.73. The van der Waals surface area contributed by atoms with Crippen LogP contribution in [0.4, 0.5) is 5.69 Å². The predicted octanol–water partition coefficient (Wildman–Crippen LogP) is 7.10. The third kappa shape index (κ3) is 3.50. The van der Waals surface area contributed by atoms with Gasteiger partial charge in [0.2, 0.25) is 0 Å². The fourth-order valence-corrected chi connectivity index (χ4v) is 3.64. The molecular weight excluding hydrogens is 316 g/mol. The minimum absolute atomic E-state index is 0.0379. The van der Waals surface area contributed by atoms with E-state index < -0.39 is 0 Å². The third-order valence-electron chi connectivity index (χ3n) is 5.02. The van der Waals surface area contributed by atoms with Crippen LogP contribution < -0.4 is 0 Å². The van der Waals surface area contributed by atoms with Gasteiger partial charge < -0.3 is 0 Å². The Bertz CT molecular complexity index is 927. The molecule has 3 aromatic rings. The molecule has 2 nitrogen and oxygen atoms in total. The van der Waals surface area contributed by atoms with Crippen LogP contribution in [0.1, 0.15) is 42.0 Å². The monoisotopic (exact) mass is 338 g/mol. The van der Waals surface area contributed by atoms with Gasteiger partial charge >= 0.3 is 0 Å². The smallest absolute Gasteiger partial charge is 0.0971 e. The van der Waals surface area contributed by atoms with Crippen LogP contribution >= 0.6 is 0 Å². The Morgan fingerprint density at radius 2 is 1.46 bits per heavy atom. The summed E-state index contributed by atoms with van der Waals surface area (Å²) in [5, 5.41) is 9.24. The van der Waals surface area contributed by atoms with Crippen molar-refractivity contribution in [3.05, 3.63) is 107 Å². The normalized spacial score (nSPS) is 17.1. The molecule has 0 aromatic heterocycles. The van der Waals surface area contributed by atoms with Gasteiger partial charge in [-0.2, -0.15) is 10.2 Å². The van der Waals surface area contributed by atoms with Crippen molar-refractivity contribution in [2.24, 2.45) is 10.2 Å². The third-order valence-corrected chi connectivity index (χ3v) is 5.02. The molecule has 2 atom stereocenters. The quantitative estimate of drug-likeness (QED) is 0.443. The van der Waals surface area contributed by atoms with E-state index in [9.17, 15) is 0 Å². The molecule has 2 heteroatoms. The highest BCUT2D eigenvalue weighted by atomic mass is 15.1. The second-order valence-corrected chi connectivity index (χ2v) is 6.78. The van der Waals surface area contributed by atoms with Crippen LogP contribution in [0, 0.1) is 0 Å². The number of hydrogen-bond donors (Lipinski definition) is 0. The van der Waals surface area contributed by atoms with Crippen LogP contribution in [0.5, 0.6) is 0 Å². The van der Waals surface area contributed by atoms with Gasteiger partial charge in [-0.15, -0.1) is 0 Å². The summed E-state index contributed by atoms with van der Waals surface area (Å²) in [5.74, 6) is 0.395. The first-order valence-electron chi connectivity index (χ1n) is 9.09. The molecule has 1 aliphatic rings. The van der Waals surface area contributed by atoms with Crippen molar-refractivity contribution >= 4 is 11.8 Å². The van der Waals surface area contributed by atoms with Crippen LogP contribution in [0.2, 0.25) is 0 Å². The van der Waals surface area contributed by atoms with E-state index in [2.05, 4.69) is 66.6 Å². The van der Waals surface area contributed by atoms with E-state index in [-0.39, 0.29) is 6.04 Å². The van der Waals surface area contributed by atoms with E-state index in [0.29, 0.717) is 5.92 Å². The Hall–Kier alpha value is -3.00. The van der Waals surface area contributed by atoms with Crippen molar-refractivity contribution in [3.8, 4) is 0 Å². The molecular formula is C24H22N2. The van der Waals surface area contributed by atoms with Gasteiger partial charge in [-0.3, -0.25) is 0 Å². The second-order valence-electron chi connectivity index (χ2n) is 6.78. The van der Waals surface area contributed by atoms with Gasteiger partial charge in [0.25, 0.3) is 0 Å². The van der Waals surface area contributed by atoms with Crippen LogP contribution in [0.3, 0.4) is 0 Å². The van der Waals surface area contributed by atoms with E-state index >= 15 is 0 Å². The van der Waals surface area contributed by atoms with E-state index in [4.69, 9.17) is 5.11 Å². The molecule has 3 aromatic carbocycles. The lowest BCUT2D eigenvalue weighted by Gasteiger charge is -2.19. The van der Waals surface area contributed by atoms with Gasteiger partial charge in [-0.05, 0) is 42.2 Å². The minimum Gasteiger partial charge on any atom is -0.180 e. The van der Waals surface area contributed by atoms with Crippen LogP contribution in [0.25, 0.3) is 6.08 Å². The Morgan fingerprint density at radius 3 is 2.23 bits per heavy atom. The van der Waals surface area contributed by atoms with E-state index in [0.717, 1.165) is 12.1 Å². The molecule has 0 spiro atoms. The molecule has 0 fully saturated rings. The zero-order chi connectivity index (χ0) is 17.8. The molecule has 0 saturated heterocycles. The molecule has 4 rings (SSSR count). The first-order valence-corrected chi connectivity index (χ1v) is 9.09. The van der Waals surface area contributed by atoms with Crippen molar-refractivity contribution < 1.29 is 0 Å².